The average Bonchev–Trinajstić information content (AvgIpc) is 3.27. The van der Waals surface area contributed by atoms with Crippen molar-refractivity contribution in [3.05, 3.63) is 72.6 Å². The minimum Gasteiger partial charge on any atom is -0.496 e. The zero-order valence-electron chi connectivity index (χ0n) is 16.1. The summed E-state index contributed by atoms with van der Waals surface area (Å²) in [5.74, 6) is 2.51. The molecule has 0 amide bonds. The van der Waals surface area contributed by atoms with E-state index in [2.05, 4.69) is 30.6 Å². The third-order valence-corrected chi connectivity index (χ3v) is 4.18. The Bertz CT molecular complexity index is 1080. The molecule has 2 N–H and O–H groups in total. The Morgan fingerprint density at radius 1 is 1.10 bits per heavy atom. The molecule has 8 heteroatoms. The summed E-state index contributed by atoms with van der Waals surface area (Å²) in [5.41, 5.74) is 3.37. The summed E-state index contributed by atoms with van der Waals surface area (Å²) in [7, 11) is 1.62. The SMILES string of the molecule is COc1ccc(Nc2nc(C)cc(NCc3ccccn3)n2)cc1-c1cnco1. The van der Waals surface area contributed by atoms with Crippen LogP contribution in [0.25, 0.3) is 11.3 Å². The highest BCUT2D eigenvalue weighted by atomic mass is 16.5. The smallest absolute Gasteiger partial charge is 0.229 e. The molecular formula is C21H20N6O2. The molecule has 4 rings (SSSR count). The van der Waals surface area contributed by atoms with Crippen molar-refractivity contribution >= 4 is 17.5 Å². The van der Waals surface area contributed by atoms with E-state index in [0.29, 0.717) is 24.0 Å². The molecule has 0 aliphatic heterocycles. The van der Waals surface area contributed by atoms with Gasteiger partial charge in [-0.25, -0.2) is 9.97 Å². The lowest BCUT2D eigenvalue weighted by Gasteiger charge is -2.12. The van der Waals surface area contributed by atoms with Crippen LogP contribution in [0.5, 0.6) is 5.75 Å². The van der Waals surface area contributed by atoms with Crippen molar-refractivity contribution < 1.29 is 9.15 Å². The van der Waals surface area contributed by atoms with Gasteiger partial charge >= 0.3 is 0 Å². The maximum Gasteiger partial charge on any atom is 0.229 e. The Kier molecular flexibility index (Phi) is 5.33. The van der Waals surface area contributed by atoms with Crippen LogP contribution in [0.1, 0.15) is 11.4 Å². The number of nitrogens with one attached hydrogen (secondary N) is 2. The largest absolute Gasteiger partial charge is 0.496 e. The Balaban J connectivity index is 1.55. The molecule has 0 fully saturated rings. The lowest BCUT2D eigenvalue weighted by atomic mass is 10.1. The molecular weight excluding hydrogens is 368 g/mol. The fourth-order valence-corrected chi connectivity index (χ4v) is 2.86. The maximum absolute atomic E-state index is 5.42. The van der Waals surface area contributed by atoms with E-state index in [0.717, 1.165) is 28.5 Å². The number of hydrogen-bond acceptors (Lipinski definition) is 8. The molecule has 8 nitrogen and oxygen atoms in total. The number of rotatable bonds is 7. The van der Waals surface area contributed by atoms with E-state index in [1.54, 1.807) is 19.5 Å². The maximum atomic E-state index is 5.42. The van der Waals surface area contributed by atoms with Crippen LogP contribution in [-0.4, -0.2) is 27.0 Å². The molecule has 0 saturated carbocycles. The molecule has 0 spiro atoms. The van der Waals surface area contributed by atoms with Crippen LogP contribution in [-0.2, 0) is 6.54 Å². The van der Waals surface area contributed by atoms with E-state index < -0.39 is 0 Å². The van der Waals surface area contributed by atoms with Crippen molar-refractivity contribution in [2.45, 2.75) is 13.5 Å². The van der Waals surface area contributed by atoms with E-state index in [9.17, 15) is 0 Å². The molecule has 0 radical (unpaired) electrons. The standard InChI is InChI=1S/C21H20N6O2/c1-14-9-20(24-11-16-5-3-4-8-23-16)27-21(25-14)26-15-6-7-18(28-2)17(10-15)19-12-22-13-29-19/h3-10,12-13H,11H2,1-2H3,(H2,24,25,26,27). The van der Waals surface area contributed by atoms with E-state index in [-0.39, 0.29) is 0 Å². The number of aryl methyl sites for hydroxylation is 1. The summed E-state index contributed by atoms with van der Waals surface area (Å²) in [4.78, 5) is 17.3. The number of pyridine rings is 1. The summed E-state index contributed by atoms with van der Waals surface area (Å²) in [6.45, 7) is 2.50. The lowest BCUT2D eigenvalue weighted by Crippen LogP contribution is -2.06. The number of ether oxygens (including phenoxy) is 1. The summed E-state index contributed by atoms with van der Waals surface area (Å²) in [5, 5.41) is 6.52. The molecule has 146 valence electrons. The third kappa shape index (κ3) is 4.49. The Labute approximate surface area is 168 Å². The molecule has 0 aliphatic rings. The van der Waals surface area contributed by atoms with Gasteiger partial charge in [-0.15, -0.1) is 0 Å². The topological polar surface area (TPSA) is 98.0 Å². The van der Waals surface area contributed by atoms with Crippen molar-refractivity contribution in [3.63, 3.8) is 0 Å². The zero-order valence-corrected chi connectivity index (χ0v) is 16.1. The van der Waals surface area contributed by atoms with Gasteiger partial charge in [-0.05, 0) is 37.3 Å². The number of methoxy groups -OCH3 is 1. The van der Waals surface area contributed by atoms with Gasteiger partial charge in [0.05, 0.1) is 31.1 Å². The van der Waals surface area contributed by atoms with E-state index >= 15 is 0 Å². The highest BCUT2D eigenvalue weighted by Crippen LogP contribution is 2.33. The summed E-state index contributed by atoms with van der Waals surface area (Å²) >= 11 is 0. The number of anilines is 3. The normalized spacial score (nSPS) is 10.6. The quantitative estimate of drug-likeness (QED) is 0.486. The van der Waals surface area contributed by atoms with Gasteiger partial charge in [-0.1, -0.05) is 6.07 Å². The zero-order chi connectivity index (χ0) is 20.1. The number of aromatic nitrogens is 4. The second-order valence-corrected chi connectivity index (χ2v) is 6.30. The minimum absolute atomic E-state index is 0.488. The molecule has 4 aromatic rings. The van der Waals surface area contributed by atoms with Crippen LogP contribution >= 0.6 is 0 Å². The fraction of sp³-hybridized carbons (Fsp3) is 0.143. The van der Waals surface area contributed by atoms with Crippen molar-refractivity contribution in [3.8, 4) is 17.1 Å². The first kappa shape index (κ1) is 18.4. The number of oxazole rings is 1. The summed E-state index contributed by atoms with van der Waals surface area (Å²) in [6.07, 6.45) is 4.80. The molecule has 3 heterocycles. The van der Waals surface area contributed by atoms with Crippen LogP contribution in [0, 0.1) is 6.92 Å². The number of benzene rings is 1. The molecule has 29 heavy (non-hydrogen) atoms. The molecule has 0 aliphatic carbocycles. The van der Waals surface area contributed by atoms with Gasteiger partial charge < -0.3 is 19.8 Å². The van der Waals surface area contributed by atoms with Gasteiger partial charge in [0.25, 0.3) is 0 Å². The van der Waals surface area contributed by atoms with Crippen LogP contribution in [0.3, 0.4) is 0 Å². The van der Waals surface area contributed by atoms with Crippen molar-refractivity contribution in [2.24, 2.45) is 0 Å². The van der Waals surface area contributed by atoms with Crippen LogP contribution in [0.2, 0.25) is 0 Å². The van der Waals surface area contributed by atoms with Gasteiger partial charge in [0.1, 0.15) is 11.6 Å². The molecule has 0 bridgehead atoms. The second kappa shape index (κ2) is 8.39. The number of nitrogens with zero attached hydrogens (tertiary/aromatic N) is 4. The highest BCUT2D eigenvalue weighted by Gasteiger charge is 2.11. The van der Waals surface area contributed by atoms with Crippen LogP contribution < -0.4 is 15.4 Å². The summed E-state index contributed by atoms with van der Waals surface area (Å²) < 4.78 is 10.8. The molecule has 0 saturated heterocycles. The molecule has 0 atom stereocenters. The van der Waals surface area contributed by atoms with E-state index in [4.69, 9.17) is 9.15 Å². The first-order valence-corrected chi connectivity index (χ1v) is 9.04. The molecule has 0 unspecified atom stereocenters. The van der Waals surface area contributed by atoms with Gasteiger partial charge in [-0.2, -0.15) is 4.98 Å². The van der Waals surface area contributed by atoms with Gasteiger partial charge in [-0.3, -0.25) is 4.98 Å². The minimum atomic E-state index is 0.488. The number of hydrogen-bond donors (Lipinski definition) is 2. The highest BCUT2D eigenvalue weighted by molar-refractivity contribution is 5.72. The molecule has 1 aromatic carbocycles. The predicted molar refractivity (Wildman–Crippen MR) is 110 cm³/mol. The van der Waals surface area contributed by atoms with Crippen LogP contribution in [0.4, 0.5) is 17.5 Å². The lowest BCUT2D eigenvalue weighted by molar-refractivity contribution is 0.414. The van der Waals surface area contributed by atoms with E-state index in [1.165, 1.54) is 6.39 Å². The van der Waals surface area contributed by atoms with Gasteiger partial charge in [0.2, 0.25) is 5.95 Å². The Morgan fingerprint density at radius 3 is 2.79 bits per heavy atom. The first-order valence-electron chi connectivity index (χ1n) is 9.04. The van der Waals surface area contributed by atoms with Crippen LogP contribution in [0.15, 0.2) is 65.7 Å². The Hall–Kier alpha value is -3.94. The monoisotopic (exact) mass is 388 g/mol. The van der Waals surface area contributed by atoms with Crippen molar-refractivity contribution in [2.75, 3.05) is 17.7 Å². The first-order chi connectivity index (χ1) is 14.2. The third-order valence-electron chi connectivity index (χ3n) is 4.18. The average molecular weight is 388 g/mol. The molecule has 3 aromatic heterocycles. The van der Waals surface area contributed by atoms with Crippen molar-refractivity contribution in [1.29, 1.82) is 0 Å². The van der Waals surface area contributed by atoms with Gasteiger partial charge in [0, 0.05) is 23.6 Å². The fourth-order valence-electron chi connectivity index (χ4n) is 2.86. The predicted octanol–water partition coefficient (Wildman–Crippen LogP) is 4.20. The summed E-state index contributed by atoms with van der Waals surface area (Å²) in [6, 6.07) is 13.4. The van der Waals surface area contributed by atoms with Gasteiger partial charge in [0.15, 0.2) is 12.2 Å². The second-order valence-electron chi connectivity index (χ2n) is 6.30. The van der Waals surface area contributed by atoms with Crippen molar-refractivity contribution in [1.82, 2.24) is 19.9 Å². The van der Waals surface area contributed by atoms with E-state index in [1.807, 2.05) is 49.4 Å². The Morgan fingerprint density at radius 2 is 2.03 bits per heavy atom.